The first-order valence-electron chi connectivity index (χ1n) is 4.44. The van der Waals surface area contributed by atoms with Crippen molar-refractivity contribution in [3.63, 3.8) is 0 Å². The fraction of sp³-hybridized carbons (Fsp3) is 0. The first-order valence-corrected chi connectivity index (χ1v) is 4.44. The lowest BCUT2D eigenvalue weighted by molar-refractivity contribution is 0.103. The monoisotopic (exact) mass is 181 g/mol. The molecule has 1 nitrogen and oxygen atoms in total. The van der Waals surface area contributed by atoms with Gasteiger partial charge in [-0.05, 0) is 12.1 Å². The Morgan fingerprint density at radius 1 is 0.929 bits per heavy atom. The maximum atomic E-state index is 11.8. The lowest BCUT2D eigenvalue weighted by Gasteiger charge is -1.99. The van der Waals surface area contributed by atoms with E-state index in [4.69, 9.17) is 0 Å². The zero-order valence-electron chi connectivity index (χ0n) is 7.60. The molecule has 0 atom stereocenters. The van der Waals surface area contributed by atoms with Gasteiger partial charge in [-0.25, -0.2) is 0 Å². The number of hydrogen-bond acceptors (Lipinski definition) is 1. The molecule has 0 heterocycles. The van der Waals surface area contributed by atoms with E-state index in [1.165, 1.54) is 0 Å². The lowest BCUT2D eigenvalue weighted by Crippen LogP contribution is -1.99. The van der Waals surface area contributed by atoms with E-state index >= 15 is 0 Å². The number of benzene rings is 2. The Bertz CT molecular complexity index is 376. The lowest BCUT2D eigenvalue weighted by atomic mass is 10.0. The summed E-state index contributed by atoms with van der Waals surface area (Å²) in [6.45, 7) is 0. The summed E-state index contributed by atoms with van der Waals surface area (Å²) >= 11 is 0. The molecule has 2 aromatic rings. The standard InChI is InChI=1S/C13H9O/c14-13(11-7-3-1-4-8-11)12-9-5-2-6-10-12/h1-5,7-10H. The van der Waals surface area contributed by atoms with Crippen molar-refractivity contribution < 1.29 is 4.79 Å². The molecular formula is C13H9O. The van der Waals surface area contributed by atoms with Gasteiger partial charge in [0.15, 0.2) is 5.78 Å². The van der Waals surface area contributed by atoms with Gasteiger partial charge in [0.2, 0.25) is 0 Å². The molecule has 1 heteroatoms. The highest BCUT2D eigenvalue weighted by atomic mass is 16.1. The maximum Gasteiger partial charge on any atom is 0.193 e. The third kappa shape index (κ3) is 1.72. The quantitative estimate of drug-likeness (QED) is 0.651. The van der Waals surface area contributed by atoms with E-state index in [0.29, 0.717) is 11.1 Å². The molecule has 0 unspecified atom stereocenters. The minimum Gasteiger partial charge on any atom is -0.289 e. The van der Waals surface area contributed by atoms with Crippen LogP contribution < -0.4 is 0 Å². The molecule has 0 saturated heterocycles. The SMILES string of the molecule is O=C(c1c[c]ccc1)c1ccccc1. The highest BCUT2D eigenvalue weighted by Crippen LogP contribution is 2.08. The molecule has 0 spiro atoms. The van der Waals surface area contributed by atoms with Gasteiger partial charge in [0.05, 0.1) is 0 Å². The molecule has 2 aromatic carbocycles. The number of carbonyl (C=O) groups excluding carboxylic acids is 1. The molecule has 0 aromatic heterocycles. The van der Waals surface area contributed by atoms with Gasteiger partial charge in [0, 0.05) is 11.1 Å². The second kappa shape index (κ2) is 3.88. The molecule has 0 N–H and O–H groups in total. The van der Waals surface area contributed by atoms with Crippen molar-refractivity contribution in [2.24, 2.45) is 0 Å². The molecule has 1 radical (unpaired) electrons. The van der Waals surface area contributed by atoms with Crippen LogP contribution in [0.4, 0.5) is 0 Å². The number of carbonyl (C=O) groups is 1. The summed E-state index contributed by atoms with van der Waals surface area (Å²) in [6, 6.07) is 19.2. The summed E-state index contributed by atoms with van der Waals surface area (Å²) in [4.78, 5) is 11.8. The van der Waals surface area contributed by atoms with Crippen molar-refractivity contribution in [3.05, 3.63) is 71.8 Å². The van der Waals surface area contributed by atoms with E-state index < -0.39 is 0 Å². The molecule has 0 aliphatic rings. The Hall–Kier alpha value is -1.89. The number of hydrogen-bond donors (Lipinski definition) is 0. The van der Waals surface area contributed by atoms with E-state index in [-0.39, 0.29) is 5.78 Å². The minimum absolute atomic E-state index is 0.0439. The summed E-state index contributed by atoms with van der Waals surface area (Å²) in [5, 5.41) is 0. The molecule has 0 bridgehead atoms. The fourth-order valence-electron chi connectivity index (χ4n) is 1.29. The van der Waals surface area contributed by atoms with Gasteiger partial charge >= 0.3 is 0 Å². The van der Waals surface area contributed by atoms with E-state index in [9.17, 15) is 4.79 Å². The van der Waals surface area contributed by atoms with Crippen LogP contribution in [-0.4, -0.2) is 5.78 Å². The van der Waals surface area contributed by atoms with Gasteiger partial charge < -0.3 is 0 Å². The summed E-state index contributed by atoms with van der Waals surface area (Å²) in [5.41, 5.74) is 1.39. The fourth-order valence-corrected chi connectivity index (χ4v) is 1.29. The Morgan fingerprint density at radius 2 is 1.64 bits per heavy atom. The van der Waals surface area contributed by atoms with Crippen LogP contribution in [0, 0.1) is 6.07 Å². The third-order valence-corrected chi connectivity index (χ3v) is 2.01. The van der Waals surface area contributed by atoms with Crippen molar-refractivity contribution >= 4 is 5.78 Å². The summed E-state index contributed by atoms with van der Waals surface area (Å²) in [6.07, 6.45) is 0. The van der Waals surface area contributed by atoms with Crippen molar-refractivity contribution in [2.45, 2.75) is 0 Å². The topological polar surface area (TPSA) is 17.1 Å². The van der Waals surface area contributed by atoms with Crippen LogP contribution in [0.5, 0.6) is 0 Å². The van der Waals surface area contributed by atoms with Gasteiger partial charge in [0.25, 0.3) is 0 Å². The van der Waals surface area contributed by atoms with Crippen molar-refractivity contribution in [1.82, 2.24) is 0 Å². The Morgan fingerprint density at radius 3 is 2.29 bits per heavy atom. The van der Waals surface area contributed by atoms with Crippen LogP contribution >= 0.6 is 0 Å². The number of ketones is 1. The van der Waals surface area contributed by atoms with E-state index in [1.807, 2.05) is 36.4 Å². The van der Waals surface area contributed by atoms with Gasteiger partial charge in [-0.15, -0.1) is 0 Å². The Balaban J connectivity index is 2.35. The Labute approximate surface area is 83.0 Å². The van der Waals surface area contributed by atoms with Crippen molar-refractivity contribution in [1.29, 1.82) is 0 Å². The molecule has 2 rings (SSSR count). The van der Waals surface area contributed by atoms with Crippen LogP contribution in [0.2, 0.25) is 0 Å². The molecular weight excluding hydrogens is 172 g/mol. The average molecular weight is 181 g/mol. The van der Waals surface area contributed by atoms with Crippen LogP contribution in [0.1, 0.15) is 15.9 Å². The molecule has 0 aliphatic heterocycles. The van der Waals surface area contributed by atoms with Crippen molar-refractivity contribution in [3.8, 4) is 0 Å². The summed E-state index contributed by atoms with van der Waals surface area (Å²) in [7, 11) is 0. The highest BCUT2D eigenvalue weighted by molar-refractivity contribution is 6.08. The van der Waals surface area contributed by atoms with Gasteiger partial charge in [-0.2, -0.15) is 0 Å². The Kier molecular flexibility index (Phi) is 2.41. The predicted molar refractivity (Wildman–Crippen MR) is 55.2 cm³/mol. The third-order valence-electron chi connectivity index (χ3n) is 2.01. The van der Waals surface area contributed by atoms with Crippen LogP contribution in [-0.2, 0) is 0 Å². The molecule has 0 aliphatic carbocycles. The van der Waals surface area contributed by atoms with Crippen LogP contribution in [0.3, 0.4) is 0 Å². The number of rotatable bonds is 2. The minimum atomic E-state index is 0.0439. The summed E-state index contributed by atoms with van der Waals surface area (Å²) in [5.74, 6) is 0.0439. The van der Waals surface area contributed by atoms with E-state index in [2.05, 4.69) is 6.07 Å². The largest absolute Gasteiger partial charge is 0.289 e. The average Bonchev–Trinajstić information content (AvgIpc) is 2.30. The maximum absolute atomic E-state index is 11.8. The molecule has 0 fully saturated rings. The van der Waals surface area contributed by atoms with Crippen LogP contribution in [0.25, 0.3) is 0 Å². The van der Waals surface area contributed by atoms with Crippen LogP contribution in [0.15, 0.2) is 54.6 Å². The zero-order valence-corrected chi connectivity index (χ0v) is 7.60. The van der Waals surface area contributed by atoms with E-state index in [1.54, 1.807) is 18.2 Å². The van der Waals surface area contributed by atoms with Gasteiger partial charge in [-0.3, -0.25) is 4.79 Å². The molecule has 14 heavy (non-hydrogen) atoms. The van der Waals surface area contributed by atoms with E-state index in [0.717, 1.165) is 0 Å². The molecule has 0 saturated carbocycles. The predicted octanol–water partition coefficient (Wildman–Crippen LogP) is 2.72. The highest BCUT2D eigenvalue weighted by Gasteiger charge is 2.06. The second-order valence-corrected chi connectivity index (χ2v) is 2.99. The van der Waals surface area contributed by atoms with Crippen molar-refractivity contribution in [2.75, 3.05) is 0 Å². The van der Waals surface area contributed by atoms with Gasteiger partial charge in [0.1, 0.15) is 0 Å². The summed E-state index contributed by atoms with van der Waals surface area (Å²) < 4.78 is 0. The molecule has 67 valence electrons. The smallest absolute Gasteiger partial charge is 0.193 e. The second-order valence-electron chi connectivity index (χ2n) is 2.99. The first kappa shape index (κ1) is 8.70. The normalized spacial score (nSPS) is 9.71. The van der Waals surface area contributed by atoms with Gasteiger partial charge in [-0.1, -0.05) is 48.5 Å². The zero-order chi connectivity index (χ0) is 9.80. The first-order chi connectivity index (χ1) is 6.88. The molecule has 0 amide bonds.